The van der Waals surface area contributed by atoms with Crippen LogP contribution in [-0.4, -0.2) is 4.98 Å². The summed E-state index contributed by atoms with van der Waals surface area (Å²) in [5.74, 6) is 9.60. The third-order valence-corrected chi connectivity index (χ3v) is 6.44. The number of hydrogen-bond donors (Lipinski definition) is 0. The second kappa shape index (κ2) is 9.37. The fraction of sp³-hybridized carbons (Fsp3) is 0.696. The highest BCUT2D eigenvalue weighted by Crippen LogP contribution is 2.42. The smallest absolute Gasteiger partial charge is 0.212 e. The highest BCUT2D eigenvalue weighted by atomic mass is 19.1. The molecule has 136 valence electrons. The van der Waals surface area contributed by atoms with E-state index in [4.69, 9.17) is 0 Å². The highest BCUT2D eigenvalue weighted by molar-refractivity contribution is 5.32. The quantitative estimate of drug-likeness (QED) is 0.457. The van der Waals surface area contributed by atoms with Gasteiger partial charge in [-0.25, -0.2) is 4.98 Å². The molecule has 2 fully saturated rings. The third-order valence-electron chi connectivity index (χ3n) is 6.44. The van der Waals surface area contributed by atoms with Crippen LogP contribution in [0.4, 0.5) is 4.39 Å². The van der Waals surface area contributed by atoms with Gasteiger partial charge in [0.15, 0.2) is 0 Å². The van der Waals surface area contributed by atoms with Crippen LogP contribution in [0.1, 0.15) is 83.1 Å². The molecule has 2 heteroatoms. The Morgan fingerprint density at radius 2 is 1.68 bits per heavy atom. The van der Waals surface area contributed by atoms with Crippen molar-refractivity contribution in [3.63, 3.8) is 0 Å². The molecule has 0 N–H and O–H groups in total. The van der Waals surface area contributed by atoms with Gasteiger partial charge in [-0.3, -0.25) is 0 Å². The topological polar surface area (TPSA) is 12.9 Å². The maximum absolute atomic E-state index is 12.8. The lowest BCUT2D eigenvalue weighted by atomic mass is 9.69. The fourth-order valence-electron chi connectivity index (χ4n) is 4.81. The molecule has 1 nitrogen and oxygen atoms in total. The highest BCUT2D eigenvalue weighted by Gasteiger charge is 2.30. The van der Waals surface area contributed by atoms with Crippen LogP contribution in [0.5, 0.6) is 0 Å². The van der Waals surface area contributed by atoms with Gasteiger partial charge in [-0.1, -0.05) is 50.9 Å². The van der Waals surface area contributed by atoms with Crippen LogP contribution in [0.15, 0.2) is 18.3 Å². The first-order valence-corrected chi connectivity index (χ1v) is 10.4. The minimum Gasteiger partial charge on any atom is -0.227 e. The maximum Gasteiger partial charge on any atom is 0.212 e. The summed E-state index contributed by atoms with van der Waals surface area (Å²) >= 11 is 0. The molecule has 0 radical (unpaired) electrons. The Morgan fingerprint density at radius 1 is 1.00 bits per heavy atom. The Hall–Kier alpha value is -1.36. The van der Waals surface area contributed by atoms with E-state index in [1.54, 1.807) is 6.07 Å². The molecule has 0 spiro atoms. The van der Waals surface area contributed by atoms with Gasteiger partial charge >= 0.3 is 0 Å². The number of unbranched alkanes of at least 4 members (excludes halogenated alkanes) is 1. The van der Waals surface area contributed by atoms with Crippen LogP contribution in [-0.2, 0) is 0 Å². The van der Waals surface area contributed by atoms with Gasteiger partial charge in [0, 0.05) is 17.7 Å². The number of rotatable bonds is 4. The molecule has 0 aromatic carbocycles. The van der Waals surface area contributed by atoms with Crippen molar-refractivity contribution in [2.75, 3.05) is 0 Å². The van der Waals surface area contributed by atoms with Crippen molar-refractivity contribution in [2.24, 2.45) is 23.7 Å². The molecule has 0 unspecified atom stereocenters. The average molecular weight is 342 g/mol. The number of halogens is 1. The van der Waals surface area contributed by atoms with E-state index in [0.29, 0.717) is 5.92 Å². The summed E-state index contributed by atoms with van der Waals surface area (Å²) in [7, 11) is 0. The van der Waals surface area contributed by atoms with Crippen molar-refractivity contribution < 1.29 is 4.39 Å². The summed E-state index contributed by atoms with van der Waals surface area (Å²) < 4.78 is 12.8. The van der Waals surface area contributed by atoms with Crippen LogP contribution >= 0.6 is 0 Å². The molecule has 25 heavy (non-hydrogen) atoms. The monoisotopic (exact) mass is 341 g/mol. The molecule has 1 aromatic rings. The van der Waals surface area contributed by atoms with Crippen LogP contribution in [0.2, 0.25) is 0 Å². The average Bonchev–Trinajstić information content (AvgIpc) is 2.67. The van der Waals surface area contributed by atoms with E-state index in [0.717, 1.165) is 23.3 Å². The van der Waals surface area contributed by atoms with Gasteiger partial charge < -0.3 is 0 Å². The zero-order valence-electron chi connectivity index (χ0n) is 15.6. The minimum absolute atomic E-state index is 0.435. The molecular formula is C23H32FN. The van der Waals surface area contributed by atoms with E-state index in [1.807, 2.05) is 0 Å². The van der Waals surface area contributed by atoms with Gasteiger partial charge in [0.1, 0.15) is 0 Å². The van der Waals surface area contributed by atoms with Gasteiger partial charge in [-0.15, -0.1) is 0 Å². The van der Waals surface area contributed by atoms with Crippen LogP contribution in [0.3, 0.4) is 0 Å². The fourth-order valence-corrected chi connectivity index (χ4v) is 4.81. The molecule has 2 saturated carbocycles. The molecule has 0 bridgehead atoms. The summed E-state index contributed by atoms with van der Waals surface area (Å²) in [6.45, 7) is 2.31. The van der Waals surface area contributed by atoms with E-state index >= 15 is 0 Å². The number of pyridine rings is 1. The number of aromatic nitrogens is 1. The Kier molecular flexibility index (Phi) is 6.91. The normalized spacial score (nSPS) is 29.7. The SMILES string of the molecule is CCCC[C@H]1CC[C@H]([C@H]2CC[C@H](C#Cc3ccc(F)nc3)CC2)CC1. The summed E-state index contributed by atoms with van der Waals surface area (Å²) in [5, 5.41) is 0. The Bertz CT molecular complexity index is 566. The van der Waals surface area contributed by atoms with Crippen molar-refractivity contribution >= 4 is 0 Å². The van der Waals surface area contributed by atoms with Crippen molar-refractivity contribution in [1.82, 2.24) is 4.98 Å². The van der Waals surface area contributed by atoms with Gasteiger partial charge in [0.2, 0.25) is 5.95 Å². The Labute approximate surface area is 152 Å². The van der Waals surface area contributed by atoms with E-state index in [2.05, 4.69) is 23.7 Å². The van der Waals surface area contributed by atoms with Gasteiger partial charge in [-0.05, 0) is 68.4 Å². The van der Waals surface area contributed by atoms with E-state index in [1.165, 1.54) is 82.9 Å². The van der Waals surface area contributed by atoms with Crippen LogP contribution in [0, 0.1) is 41.5 Å². The first kappa shape index (κ1) is 18.4. The summed E-state index contributed by atoms with van der Waals surface area (Å²) in [5.41, 5.74) is 0.828. The lowest BCUT2D eigenvalue weighted by Crippen LogP contribution is -2.25. The lowest BCUT2D eigenvalue weighted by Gasteiger charge is -2.37. The predicted molar refractivity (Wildman–Crippen MR) is 101 cm³/mol. The van der Waals surface area contributed by atoms with E-state index in [-0.39, 0.29) is 0 Å². The predicted octanol–water partition coefficient (Wildman–Crippen LogP) is 6.38. The minimum atomic E-state index is -0.435. The largest absolute Gasteiger partial charge is 0.227 e. The standard InChI is InChI=1S/C23H32FN/c1-2-3-4-18-7-12-21(13-8-18)22-14-9-19(10-15-22)5-6-20-11-16-23(24)25-17-20/h11,16-19,21-22H,2-4,7-10,12-15H2,1H3/t18-,19-,21-,22-. The molecule has 2 aliphatic carbocycles. The molecule has 3 rings (SSSR count). The van der Waals surface area contributed by atoms with E-state index in [9.17, 15) is 4.39 Å². The first-order chi connectivity index (χ1) is 12.2. The second-order valence-corrected chi connectivity index (χ2v) is 8.17. The van der Waals surface area contributed by atoms with Crippen LogP contribution in [0.25, 0.3) is 0 Å². The first-order valence-electron chi connectivity index (χ1n) is 10.4. The van der Waals surface area contributed by atoms with Crippen molar-refractivity contribution in [3.05, 3.63) is 29.8 Å². The van der Waals surface area contributed by atoms with Gasteiger partial charge in [0.05, 0.1) is 0 Å². The summed E-state index contributed by atoms with van der Waals surface area (Å²) in [6.07, 6.45) is 16.8. The molecule has 2 aliphatic rings. The number of hydrogen-bond acceptors (Lipinski definition) is 1. The maximum atomic E-state index is 12.8. The van der Waals surface area contributed by atoms with E-state index < -0.39 is 5.95 Å². The summed E-state index contributed by atoms with van der Waals surface area (Å²) in [6, 6.07) is 3.11. The lowest BCUT2D eigenvalue weighted by molar-refractivity contribution is 0.153. The molecule has 1 heterocycles. The molecule has 1 aromatic heterocycles. The molecular weight excluding hydrogens is 309 g/mol. The molecule has 0 saturated heterocycles. The third kappa shape index (κ3) is 5.56. The second-order valence-electron chi connectivity index (χ2n) is 8.17. The van der Waals surface area contributed by atoms with Gasteiger partial charge in [-0.2, -0.15) is 4.39 Å². The van der Waals surface area contributed by atoms with Crippen molar-refractivity contribution in [2.45, 2.75) is 77.6 Å². The van der Waals surface area contributed by atoms with Gasteiger partial charge in [0.25, 0.3) is 0 Å². The molecule has 0 amide bonds. The summed E-state index contributed by atoms with van der Waals surface area (Å²) in [4.78, 5) is 3.67. The zero-order chi connectivity index (χ0) is 17.5. The van der Waals surface area contributed by atoms with Crippen LogP contribution < -0.4 is 0 Å². The van der Waals surface area contributed by atoms with Crippen molar-refractivity contribution in [3.8, 4) is 11.8 Å². The molecule has 0 aliphatic heterocycles. The Morgan fingerprint density at radius 3 is 2.28 bits per heavy atom. The Balaban J connectivity index is 1.41. The molecule has 0 atom stereocenters. The number of nitrogens with zero attached hydrogens (tertiary/aromatic N) is 1. The van der Waals surface area contributed by atoms with Crippen molar-refractivity contribution in [1.29, 1.82) is 0 Å². The zero-order valence-corrected chi connectivity index (χ0v) is 15.6.